The van der Waals surface area contributed by atoms with Crippen molar-refractivity contribution in [3.05, 3.63) is 40.4 Å². The van der Waals surface area contributed by atoms with Gasteiger partial charge in [-0.05, 0) is 49.1 Å². The molecule has 5 nitrogen and oxygen atoms in total. The molecule has 1 N–H and O–H groups in total. The van der Waals surface area contributed by atoms with E-state index < -0.39 is 0 Å². The summed E-state index contributed by atoms with van der Waals surface area (Å²) in [6.45, 7) is 0.0973. The van der Waals surface area contributed by atoms with Crippen LogP contribution in [0.3, 0.4) is 0 Å². The van der Waals surface area contributed by atoms with Crippen LogP contribution in [0.25, 0.3) is 0 Å². The molecule has 0 radical (unpaired) electrons. The third-order valence-corrected chi connectivity index (χ3v) is 4.32. The van der Waals surface area contributed by atoms with Gasteiger partial charge in [-0.2, -0.15) is 0 Å². The van der Waals surface area contributed by atoms with Gasteiger partial charge in [0.15, 0.2) is 0 Å². The second kappa shape index (κ2) is 6.20. The summed E-state index contributed by atoms with van der Waals surface area (Å²) >= 11 is 6.13. The number of benzodiazepines with no additional fused rings is 1. The molecule has 0 saturated heterocycles. The molecule has 1 aromatic rings. The second-order valence-corrected chi connectivity index (χ2v) is 5.94. The highest BCUT2D eigenvalue weighted by Crippen LogP contribution is 2.31. The lowest BCUT2D eigenvalue weighted by atomic mass is 9.90. The molecule has 1 amide bonds. The van der Waals surface area contributed by atoms with Gasteiger partial charge in [0.2, 0.25) is 5.91 Å². The molecule has 6 heteroatoms. The number of amides is 1. The summed E-state index contributed by atoms with van der Waals surface area (Å²) in [5.74, 6) is -0.0649. The molecular weight excluding hydrogens is 304 g/mol. The molecule has 1 heterocycles. The quantitative estimate of drug-likeness (QED) is 0.673. The molecule has 1 aliphatic heterocycles. The van der Waals surface area contributed by atoms with Gasteiger partial charge in [0.25, 0.3) is 0 Å². The summed E-state index contributed by atoms with van der Waals surface area (Å²) in [4.78, 5) is 22.7. The highest BCUT2D eigenvalue weighted by atomic mass is 35.5. The van der Waals surface area contributed by atoms with Gasteiger partial charge in [-0.1, -0.05) is 11.6 Å². The number of hydrogen-bond donors (Lipinski definition) is 1. The predicted octanol–water partition coefficient (Wildman–Crippen LogP) is 3.07. The van der Waals surface area contributed by atoms with E-state index in [4.69, 9.17) is 16.9 Å². The molecule has 0 spiro atoms. The summed E-state index contributed by atoms with van der Waals surface area (Å²) in [6, 6.07) is 5.43. The van der Waals surface area contributed by atoms with Crippen molar-refractivity contribution in [2.24, 2.45) is 4.99 Å². The lowest BCUT2D eigenvalue weighted by Crippen LogP contribution is -2.27. The van der Waals surface area contributed by atoms with Crippen molar-refractivity contribution >= 4 is 28.9 Å². The van der Waals surface area contributed by atoms with Gasteiger partial charge in [-0.3, -0.25) is 15.0 Å². The van der Waals surface area contributed by atoms with Gasteiger partial charge < -0.3 is 4.90 Å². The Kier molecular flexibility index (Phi) is 4.29. The second-order valence-electron chi connectivity index (χ2n) is 5.51. The number of nitrogens with zero attached hydrogens (tertiary/aromatic N) is 2. The monoisotopic (exact) mass is 320 g/mol. The maximum Gasteiger partial charge on any atom is 0.248 e. The molecule has 22 heavy (non-hydrogen) atoms. The van der Waals surface area contributed by atoms with Crippen LogP contribution in [0.15, 0.2) is 34.8 Å². The minimum atomic E-state index is -0.328. The smallest absolute Gasteiger partial charge is 0.248 e. The molecule has 1 atom stereocenters. The number of hydrogen-bond acceptors (Lipinski definition) is 4. The molecule has 1 unspecified atom stereocenters. The van der Waals surface area contributed by atoms with Crippen LogP contribution in [0.2, 0.25) is 5.02 Å². The van der Waals surface area contributed by atoms with E-state index in [1.54, 1.807) is 18.0 Å². The first-order valence-corrected chi connectivity index (χ1v) is 7.60. The van der Waals surface area contributed by atoms with Crippen molar-refractivity contribution in [1.82, 2.24) is 0 Å². The maximum atomic E-state index is 12.1. The van der Waals surface area contributed by atoms with Gasteiger partial charge in [-0.15, -0.1) is 0 Å². The first-order valence-electron chi connectivity index (χ1n) is 7.22. The minimum absolute atomic E-state index is 0.0649. The van der Waals surface area contributed by atoms with Crippen molar-refractivity contribution in [2.75, 3.05) is 18.5 Å². The molecular formula is C16H17ClN2O3. The molecule has 0 fully saturated rings. The van der Waals surface area contributed by atoms with Crippen LogP contribution in [0.1, 0.15) is 24.8 Å². The molecule has 0 saturated carbocycles. The third kappa shape index (κ3) is 2.79. The summed E-state index contributed by atoms with van der Waals surface area (Å²) in [7, 11) is 1.74. The summed E-state index contributed by atoms with van der Waals surface area (Å²) in [5.41, 5.74) is 3.37. The van der Waals surface area contributed by atoms with E-state index in [1.165, 1.54) is 0 Å². The van der Waals surface area contributed by atoms with Crippen molar-refractivity contribution in [2.45, 2.75) is 25.4 Å². The zero-order valence-electron chi connectivity index (χ0n) is 12.3. The van der Waals surface area contributed by atoms with Gasteiger partial charge in [-0.25, -0.2) is 4.89 Å². The predicted molar refractivity (Wildman–Crippen MR) is 85.7 cm³/mol. The van der Waals surface area contributed by atoms with E-state index in [1.807, 2.05) is 18.2 Å². The molecule has 2 aliphatic rings. The minimum Gasteiger partial charge on any atom is -0.313 e. The first-order chi connectivity index (χ1) is 10.6. The standard InChI is InChI=1S/C16H17ClN2O3/c1-19-14-6-5-11(17)8-13(14)16(18-9-15(19)20)10-3-2-4-12(7-10)22-21/h5-8,12,21H,2-4,9H2,1H3. The molecule has 0 bridgehead atoms. The van der Waals surface area contributed by atoms with Gasteiger partial charge in [0.1, 0.15) is 12.6 Å². The molecule has 3 rings (SSSR count). The number of carbonyl (C=O) groups excluding carboxylic acids is 1. The average molecular weight is 321 g/mol. The number of likely N-dealkylation sites (N-methyl/N-ethyl adjacent to an activating group) is 1. The number of aliphatic imine (C=N–C) groups is 1. The van der Waals surface area contributed by atoms with E-state index in [0.717, 1.165) is 41.8 Å². The molecule has 116 valence electrons. The van der Waals surface area contributed by atoms with Gasteiger partial charge in [0.05, 0.1) is 11.4 Å². The number of fused-ring (bicyclic) bond motifs is 1. The fourth-order valence-corrected chi connectivity index (χ4v) is 3.07. The zero-order valence-corrected chi connectivity index (χ0v) is 13.0. The van der Waals surface area contributed by atoms with Crippen LogP contribution in [0, 0.1) is 0 Å². The Labute approximate surface area is 133 Å². The molecule has 1 aromatic carbocycles. The number of benzene rings is 1. The molecule has 1 aliphatic carbocycles. The topological polar surface area (TPSA) is 62.1 Å². The Bertz CT molecular complexity index is 669. The fraction of sp³-hybridized carbons (Fsp3) is 0.375. The Balaban J connectivity index is 2.11. The first kappa shape index (κ1) is 15.2. The van der Waals surface area contributed by atoms with Crippen molar-refractivity contribution in [3.8, 4) is 0 Å². The molecule has 0 aromatic heterocycles. The Morgan fingerprint density at radius 3 is 3.05 bits per heavy atom. The number of rotatable bonds is 2. The summed E-state index contributed by atoms with van der Waals surface area (Å²) in [6.07, 6.45) is 4.06. The van der Waals surface area contributed by atoms with E-state index in [-0.39, 0.29) is 18.6 Å². The number of allylic oxidation sites excluding steroid dienone is 1. The van der Waals surface area contributed by atoms with Crippen molar-refractivity contribution < 1.29 is 14.9 Å². The lowest BCUT2D eigenvalue weighted by molar-refractivity contribution is -0.267. The van der Waals surface area contributed by atoms with E-state index in [0.29, 0.717) is 5.02 Å². The van der Waals surface area contributed by atoms with Crippen LogP contribution < -0.4 is 4.90 Å². The maximum absolute atomic E-state index is 12.1. The Morgan fingerprint density at radius 2 is 2.27 bits per heavy atom. The zero-order chi connectivity index (χ0) is 15.7. The SMILES string of the molecule is CN1C(=O)CN=C(C2=CC(OO)CCC2)c2cc(Cl)ccc21. The highest BCUT2D eigenvalue weighted by molar-refractivity contribution is 6.32. The van der Waals surface area contributed by atoms with Crippen LogP contribution in [0.4, 0.5) is 5.69 Å². The summed E-state index contributed by atoms with van der Waals surface area (Å²) < 4.78 is 0. The summed E-state index contributed by atoms with van der Waals surface area (Å²) in [5, 5.41) is 9.52. The lowest BCUT2D eigenvalue weighted by Gasteiger charge is -2.22. The Hall–Kier alpha value is -1.69. The largest absolute Gasteiger partial charge is 0.313 e. The van der Waals surface area contributed by atoms with Gasteiger partial charge in [0, 0.05) is 17.6 Å². The van der Waals surface area contributed by atoms with Crippen LogP contribution in [0.5, 0.6) is 0 Å². The number of carbonyl (C=O) groups is 1. The fourth-order valence-electron chi connectivity index (χ4n) is 2.90. The van der Waals surface area contributed by atoms with Crippen LogP contribution in [-0.4, -0.2) is 36.6 Å². The van der Waals surface area contributed by atoms with E-state index in [2.05, 4.69) is 9.88 Å². The number of anilines is 1. The van der Waals surface area contributed by atoms with Crippen LogP contribution in [-0.2, 0) is 9.68 Å². The van der Waals surface area contributed by atoms with E-state index >= 15 is 0 Å². The van der Waals surface area contributed by atoms with Gasteiger partial charge >= 0.3 is 0 Å². The average Bonchev–Trinajstić information content (AvgIpc) is 2.65. The number of halogens is 1. The van der Waals surface area contributed by atoms with Crippen molar-refractivity contribution in [3.63, 3.8) is 0 Å². The third-order valence-electron chi connectivity index (χ3n) is 4.08. The normalized spacial score (nSPS) is 21.9. The Morgan fingerprint density at radius 1 is 1.45 bits per heavy atom. The van der Waals surface area contributed by atoms with Crippen molar-refractivity contribution in [1.29, 1.82) is 0 Å². The highest BCUT2D eigenvalue weighted by Gasteiger charge is 2.26. The van der Waals surface area contributed by atoms with E-state index in [9.17, 15) is 4.79 Å². The van der Waals surface area contributed by atoms with Crippen LogP contribution >= 0.6 is 11.6 Å².